The van der Waals surface area contributed by atoms with Gasteiger partial charge in [-0.2, -0.15) is 0 Å². The molecule has 9 heteroatoms. The molecule has 38 heavy (non-hydrogen) atoms. The molecule has 0 radical (unpaired) electrons. The van der Waals surface area contributed by atoms with E-state index in [9.17, 15) is 14.7 Å². The first kappa shape index (κ1) is 27.4. The third-order valence-electron chi connectivity index (χ3n) is 5.91. The van der Waals surface area contributed by atoms with Crippen molar-refractivity contribution in [1.82, 2.24) is 0 Å². The van der Waals surface area contributed by atoms with E-state index in [1.165, 1.54) is 6.08 Å². The zero-order valence-corrected chi connectivity index (χ0v) is 21.4. The molecule has 1 aliphatic heterocycles. The molecule has 4 rings (SSSR count). The summed E-state index contributed by atoms with van der Waals surface area (Å²) in [5, 5.41) is 21.2. The Kier molecular flexibility index (Phi) is 9.56. The quantitative estimate of drug-likeness (QED) is 0.216. The third kappa shape index (κ3) is 7.45. The minimum Gasteiger partial charge on any atom is -0.478 e. The molecule has 0 aliphatic carbocycles. The SMILES string of the molecule is C=CCOC(=O)Nc1ccc([C@@H]2O[C@H](CSc3ccc(C(=O)O)cc3)C[C@H](c3ccc(CO)cc3)O2)cc1. The smallest absolute Gasteiger partial charge is 0.411 e. The molecule has 0 spiro atoms. The van der Waals surface area contributed by atoms with Crippen LogP contribution >= 0.6 is 11.8 Å². The molecule has 3 aromatic rings. The number of carbonyl (C=O) groups is 2. The Labute approximate surface area is 225 Å². The molecule has 1 aliphatic rings. The molecule has 0 bridgehead atoms. The summed E-state index contributed by atoms with van der Waals surface area (Å²) in [5.41, 5.74) is 3.43. The zero-order valence-electron chi connectivity index (χ0n) is 20.6. The van der Waals surface area contributed by atoms with Crippen molar-refractivity contribution in [3.8, 4) is 0 Å². The molecule has 3 aromatic carbocycles. The number of aliphatic hydroxyl groups excluding tert-OH is 1. The molecule has 3 N–H and O–H groups in total. The molecular formula is C29H29NO7S. The highest BCUT2D eigenvalue weighted by Crippen LogP contribution is 2.39. The second-order valence-electron chi connectivity index (χ2n) is 8.62. The van der Waals surface area contributed by atoms with Crippen LogP contribution in [0.25, 0.3) is 0 Å². The lowest BCUT2D eigenvalue weighted by Crippen LogP contribution is -2.31. The number of nitrogens with one attached hydrogen (secondary N) is 1. The minimum absolute atomic E-state index is 0.0288. The summed E-state index contributed by atoms with van der Waals surface area (Å²) in [6, 6.07) is 21.6. The number of amides is 1. The number of hydrogen-bond acceptors (Lipinski definition) is 7. The summed E-state index contributed by atoms with van der Waals surface area (Å²) in [5.74, 6) is -0.311. The monoisotopic (exact) mass is 535 g/mol. The number of ether oxygens (including phenoxy) is 3. The highest BCUT2D eigenvalue weighted by molar-refractivity contribution is 7.99. The Bertz CT molecular complexity index is 1230. The largest absolute Gasteiger partial charge is 0.478 e. The maximum atomic E-state index is 11.8. The van der Waals surface area contributed by atoms with E-state index in [0.717, 1.165) is 21.6 Å². The van der Waals surface area contributed by atoms with E-state index in [0.29, 0.717) is 17.9 Å². The van der Waals surface area contributed by atoms with Gasteiger partial charge < -0.3 is 24.4 Å². The fraction of sp³-hybridized carbons (Fsp3) is 0.241. The minimum atomic E-state index is -0.956. The Morgan fingerprint density at radius 1 is 1.00 bits per heavy atom. The second kappa shape index (κ2) is 13.3. The number of thioether (sulfide) groups is 1. The Morgan fingerprint density at radius 3 is 2.32 bits per heavy atom. The summed E-state index contributed by atoms with van der Waals surface area (Å²) in [4.78, 5) is 23.9. The van der Waals surface area contributed by atoms with Crippen LogP contribution in [0.15, 0.2) is 90.3 Å². The van der Waals surface area contributed by atoms with Crippen molar-refractivity contribution >= 4 is 29.5 Å². The van der Waals surface area contributed by atoms with Gasteiger partial charge in [0.15, 0.2) is 6.29 Å². The number of rotatable bonds is 10. The third-order valence-corrected chi connectivity index (χ3v) is 7.06. The van der Waals surface area contributed by atoms with Crippen LogP contribution in [-0.4, -0.2) is 40.7 Å². The van der Waals surface area contributed by atoms with Gasteiger partial charge in [-0.1, -0.05) is 49.1 Å². The molecule has 1 amide bonds. The van der Waals surface area contributed by atoms with E-state index in [2.05, 4.69) is 11.9 Å². The molecule has 1 saturated heterocycles. The Morgan fingerprint density at radius 2 is 1.68 bits per heavy atom. The normalized spacial score (nSPS) is 18.9. The van der Waals surface area contributed by atoms with E-state index in [-0.39, 0.29) is 31.0 Å². The summed E-state index contributed by atoms with van der Waals surface area (Å²) < 4.78 is 17.6. The van der Waals surface area contributed by atoms with Crippen LogP contribution in [0.5, 0.6) is 0 Å². The number of carboxylic acids is 1. The molecule has 0 unspecified atom stereocenters. The van der Waals surface area contributed by atoms with Crippen LogP contribution in [0, 0.1) is 0 Å². The molecule has 1 heterocycles. The maximum absolute atomic E-state index is 11.8. The van der Waals surface area contributed by atoms with E-state index in [1.54, 1.807) is 48.2 Å². The van der Waals surface area contributed by atoms with Crippen molar-refractivity contribution < 1.29 is 34.0 Å². The molecule has 8 nitrogen and oxygen atoms in total. The lowest BCUT2D eigenvalue weighted by Gasteiger charge is -2.36. The topological polar surface area (TPSA) is 114 Å². The fourth-order valence-corrected chi connectivity index (χ4v) is 4.84. The first-order chi connectivity index (χ1) is 18.4. The van der Waals surface area contributed by atoms with E-state index in [1.807, 2.05) is 36.4 Å². The number of benzene rings is 3. The summed E-state index contributed by atoms with van der Waals surface area (Å²) in [6.45, 7) is 3.61. The van der Waals surface area contributed by atoms with Crippen molar-refractivity contribution in [3.63, 3.8) is 0 Å². The molecule has 0 saturated carbocycles. The van der Waals surface area contributed by atoms with Gasteiger partial charge in [-0.25, -0.2) is 9.59 Å². The van der Waals surface area contributed by atoms with Crippen molar-refractivity contribution in [3.05, 3.63) is 108 Å². The van der Waals surface area contributed by atoms with Crippen LogP contribution < -0.4 is 5.32 Å². The first-order valence-electron chi connectivity index (χ1n) is 12.1. The van der Waals surface area contributed by atoms with Crippen molar-refractivity contribution in [1.29, 1.82) is 0 Å². The van der Waals surface area contributed by atoms with Gasteiger partial charge in [-0.15, -0.1) is 11.8 Å². The van der Waals surface area contributed by atoms with Gasteiger partial charge in [-0.05, 0) is 47.5 Å². The number of carboxylic acid groups (broad SMARTS) is 1. The van der Waals surface area contributed by atoms with Crippen LogP contribution in [0.2, 0.25) is 0 Å². The van der Waals surface area contributed by atoms with Gasteiger partial charge in [0.2, 0.25) is 0 Å². The summed E-state index contributed by atoms with van der Waals surface area (Å²) >= 11 is 1.59. The van der Waals surface area contributed by atoms with Gasteiger partial charge in [0, 0.05) is 28.3 Å². The lowest BCUT2D eigenvalue weighted by atomic mass is 10.0. The van der Waals surface area contributed by atoms with Crippen LogP contribution in [-0.2, 0) is 20.8 Å². The van der Waals surface area contributed by atoms with Crippen LogP contribution in [0.3, 0.4) is 0 Å². The van der Waals surface area contributed by atoms with Gasteiger partial charge in [-0.3, -0.25) is 5.32 Å². The van der Waals surface area contributed by atoms with Crippen LogP contribution in [0.4, 0.5) is 10.5 Å². The summed E-state index contributed by atoms with van der Waals surface area (Å²) in [7, 11) is 0. The standard InChI is InChI=1S/C29H29NO7S/c1-2-15-35-29(34)30-23-11-7-22(8-12-23)28-36-24(18-38-25-13-9-21(10-14-25)27(32)33)16-26(37-28)20-5-3-19(17-31)4-6-20/h2-14,24,26,28,31H,1,15-18H2,(H,30,34)(H,32,33)/t24-,26+,28+/m0/s1. The average molecular weight is 536 g/mol. The predicted octanol–water partition coefficient (Wildman–Crippen LogP) is 5.95. The van der Waals surface area contributed by atoms with Crippen molar-refractivity contribution in [2.24, 2.45) is 0 Å². The van der Waals surface area contributed by atoms with Gasteiger partial charge in [0.1, 0.15) is 6.61 Å². The number of anilines is 1. The molecule has 1 fully saturated rings. The predicted molar refractivity (Wildman–Crippen MR) is 144 cm³/mol. The lowest BCUT2D eigenvalue weighted by molar-refractivity contribution is -0.245. The van der Waals surface area contributed by atoms with E-state index in [4.69, 9.17) is 19.3 Å². The number of aromatic carboxylic acids is 1. The summed E-state index contributed by atoms with van der Waals surface area (Å²) in [6.07, 6.45) is 0.550. The van der Waals surface area contributed by atoms with Gasteiger partial charge >= 0.3 is 12.1 Å². The zero-order chi connectivity index (χ0) is 26.9. The van der Waals surface area contributed by atoms with Crippen LogP contribution in [0.1, 0.15) is 45.9 Å². The second-order valence-corrected chi connectivity index (χ2v) is 9.72. The first-order valence-corrected chi connectivity index (χ1v) is 13.0. The van der Waals surface area contributed by atoms with E-state index < -0.39 is 18.4 Å². The number of carbonyl (C=O) groups excluding carboxylic acids is 1. The number of hydrogen-bond donors (Lipinski definition) is 3. The maximum Gasteiger partial charge on any atom is 0.411 e. The Balaban J connectivity index is 1.47. The van der Waals surface area contributed by atoms with Crippen molar-refractivity contribution in [2.75, 3.05) is 17.7 Å². The molecular weight excluding hydrogens is 506 g/mol. The van der Waals surface area contributed by atoms with Gasteiger partial charge in [0.25, 0.3) is 0 Å². The fourth-order valence-electron chi connectivity index (χ4n) is 3.92. The molecule has 198 valence electrons. The van der Waals surface area contributed by atoms with Gasteiger partial charge in [0.05, 0.1) is 24.4 Å². The Hall–Kier alpha value is -3.63. The molecule has 3 atom stereocenters. The highest BCUT2D eigenvalue weighted by atomic mass is 32.2. The van der Waals surface area contributed by atoms with E-state index >= 15 is 0 Å². The molecule has 0 aromatic heterocycles. The highest BCUT2D eigenvalue weighted by Gasteiger charge is 2.32. The average Bonchev–Trinajstić information content (AvgIpc) is 2.95. The number of aliphatic hydroxyl groups is 1. The van der Waals surface area contributed by atoms with Crippen molar-refractivity contribution in [2.45, 2.75) is 36.4 Å².